The van der Waals surface area contributed by atoms with Crippen LogP contribution in [0.1, 0.15) is 36.6 Å². The molecule has 2 aromatic rings. The Labute approximate surface area is 148 Å². The summed E-state index contributed by atoms with van der Waals surface area (Å²) < 4.78 is 5.54. The molecule has 0 saturated carbocycles. The van der Waals surface area contributed by atoms with Gasteiger partial charge in [-0.2, -0.15) is 0 Å². The third-order valence-corrected chi connectivity index (χ3v) is 5.20. The van der Waals surface area contributed by atoms with E-state index in [2.05, 4.69) is 25.2 Å². The minimum Gasteiger partial charge on any atom is -0.380 e. The van der Waals surface area contributed by atoms with E-state index in [0.717, 1.165) is 62.2 Å². The largest absolute Gasteiger partial charge is 0.380 e. The summed E-state index contributed by atoms with van der Waals surface area (Å²) in [5.41, 5.74) is 2.05. The normalized spacial score (nSPS) is 22.2. The van der Waals surface area contributed by atoms with Crippen molar-refractivity contribution in [3.8, 4) is 0 Å². The molecule has 4 rings (SSSR count). The van der Waals surface area contributed by atoms with Crippen LogP contribution in [0.15, 0.2) is 30.6 Å². The third kappa shape index (κ3) is 3.80. The van der Waals surface area contributed by atoms with E-state index >= 15 is 0 Å². The first kappa shape index (κ1) is 16.4. The van der Waals surface area contributed by atoms with Crippen LogP contribution in [0.2, 0.25) is 0 Å². The number of hydrogen-bond acceptors (Lipinski definition) is 6. The Kier molecular flexibility index (Phi) is 4.90. The molecule has 1 atom stereocenters. The van der Waals surface area contributed by atoms with E-state index in [1.54, 1.807) is 12.4 Å². The number of aromatic nitrogens is 3. The second-order valence-corrected chi connectivity index (χ2v) is 6.91. The van der Waals surface area contributed by atoms with Crippen LogP contribution in [0.3, 0.4) is 0 Å². The lowest BCUT2D eigenvalue weighted by atomic mass is 9.92. The number of likely N-dealkylation sites (tertiary alicyclic amines) is 1. The smallest absolute Gasteiger partial charge is 0.153 e. The predicted molar refractivity (Wildman–Crippen MR) is 97.1 cm³/mol. The molecular formula is C19H25N5O. The Hall–Kier alpha value is -2.05. The zero-order chi connectivity index (χ0) is 17.1. The van der Waals surface area contributed by atoms with Crippen molar-refractivity contribution in [2.24, 2.45) is 0 Å². The molecule has 0 aliphatic carbocycles. The number of nitrogens with one attached hydrogen (secondary N) is 1. The minimum atomic E-state index is 0.444. The van der Waals surface area contributed by atoms with Gasteiger partial charge in [-0.1, -0.05) is 6.07 Å². The molecule has 2 aromatic heterocycles. The molecule has 6 heteroatoms. The number of nitrogens with zero attached hydrogens (tertiary/aromatic N) is 4. The van der Waals surface area contributed by atoms with Crippen LogP contribution in [0, 0.1) is 6.92 Å². The summed E-state index contributed by atoms with van der Waals surface area (Å²) in [6.07, 6.45) is 6.94. The third-order valence-electron chi connectivity index (χ3n) is 5.20. The maximum absolute atomic E-state index is 5.54. The van der Waals surface area contributed by atoms with Gasteiger partial charge in [0.15, 0.2) is 5.82 Å². The first-order valence-corrected chi connectivity index (χ1v) is 9.13. The minimum absolute atomic E-state index is 0.444. The quantitative estimate of drug-likeness (QED) is 0.924. The molecule has 2 fully saturated rings. The molecule has 0 radical (unpaired) electrons. The number of aryl methyl sites for hydroxylation is 1. The Morgan fingerprint density at radius 1 is 1.12 bits per heavy atom. The van der Waals surface area contributed by atoms with Gasteiger partial charge in [0.25, 0.3) is 0 Å². The fourth-order valence-corrected chi connectivity index (χ4v) is 3.83. The molecule has 25 heavy (non-hydrogen) atoms. The van der Waals surface area contributed by atoms with Crippen LogP contribution in [-0.4, -0.2) is 52.2 Å². The molecule has 132 valence electrons. The van der Waals surface area contributed by atoms with Crippen LogP contribution in [0.25, 0.3) is 0 Å². The number of rotatable bonds is 4. The molecule has 6 nitrogen and oxygen atoms in total. The van der Waals surface area contributed by atoms with E-state index in [0.29, 0.717) is 12.0 Å². The lowest BCUT2D eigenvalue weighted by Crippen LogP contribution is -2.41. The van der Waals surface area contributed by atoms with Gasteiger partial charge < -0.3 is 10.1 Å². The highest BCUT2D eigenvalue weighted by atomic mass is 16.5. The number of pyridine rings is 1. The van der Waals surface area contributed by atoms with Crippen molar-refractivity contribution >= 4 is 11.6 Å². The Bertz CT molecular complexity index is 708. The van der Waals surface area contributed by atoms with Gasteiger partial charge in [-0.3, -0.25) is 9.88 Å². The van der Waals surface area contributed by atoms with E-state index in [9.17, 15) is 0 Å². The molecule has 0 spiro atoms. The van der Waals surface area contributed by atoms with Crippen LogP contribution >= 0.6 is 0 Å². The van der Waals surface area contributed by atoms with E-state index in [1.807, 2.05) is 25.1 Å². The van der Waals surface area contributed by atoms with E-state index in [4.69, 9.17) is 4.74 Å². The summed E-state index contributed by atoms with van der Waals surface area (Å²) in [5.74, 6) is 2.10. The molecule has 1 N–H and O–H groups in total. The van der Waals surface area contributed by atoms with Crippen molar-refractivity contribution in [3.05, 3.63) is 42.0 Å². The number of hydrogen-bond donors (Lipinski definition) is 1. The lowest BCUT2D eigenvalue weighted by molar-refractivity contribution is 0.121. The fraction of sp³-hybridized carbons (Fsp3) is 0.526. The zero-order valence-corrected chi connectivity index (χ0v) is 14.7. The maximum Gasteiger partial charge on any atom is 0.153 e. The second-order valence-electron chi connectivity index (χ2n) is 6.91. The van der Waals surface area contributed by atoms with Gasteiger partial charge in [0.05, 0.1) is 12.3 Å². The van der Waals surface area contributed by atoms with E-state index in [1.165, 1.54) is 6.42 Å². The number of ether oxygens (including phenoxy) is 1. The molecule has 2 saturated heterocycles. The van der Waals surface area contributed by atoms with Gasteiger partial charge in [0.1, 0.15) is 5.82 Å². The van der Waals surface area contributed by atoms with Crippen LogP contribution < -0.4 is 5.32 Å². The van der Waals surface area contributed by atoms with Crippen LogP contribution in [-0.2, 0) is 4.74 Å². The standard InChI is InChI=1S/C19H25N5O/c1-14-3-2-4-17(22-14)23-19-18(20-8-9-21-19)15-5-10-24(11-6-15)16-7-12-25-13-16/h2-4,8-9,15-16H,5-7,10-13H2,1H3,(H,21,22,23)/t16-/m0/s1. The number of anilines is 2. The van der Waals surface area contributed by atoms with Crippen LogP contribution in [0.4, 0.5) is 11.6 Å². The molecule has 2 aliphatic rings. The van der Waals surface area contributed by atoms with Crippen LogP contribution in [0.5, 0.6) is 0 Å². The lowest BCUT2D eigenvalue weighted by Gasteiger charge is -2.35. The van der Waals surface area contributed by atoms with Crippen molar-refractivity contribution in [3.63, 3.8) is 0 Å². The van der Waals surface area contributed by atoms with Crippen molar-refractivity contribution in [1.82, 2.24) is 19.9 Å². The van der Waals surface area contributed by atoms with E-state index in [-0.39, 0.29) is 0 Å². The summed E-state index contributed by atoms with van der Waals surface area (Å²) in [5, 5.41) is 3.36. The first-order valence-electron chi connectivity index (χ1n) is 9.13. The predicted octanol–water partition coefficient (Wildman–Crippen LogP) is 2.89. The molecule has 0 amide bonds. The monoisotopic (exact) mass is 339 g/mol. The van der Waals surface area contributed by atoms with Gasteiger partial charge in [0.2, 0.25) is 0 Å². The van der Waals surface area contributed by atoms with Gasteiger partial charge in [-0.05, 0) is 51.4 Å². The fourth-order valence-electron chi connectivity index (χ4n) is 3.83. The highest BCUT2D eigenvalue weighted by Gasteiger charge is 2.29. The number of piperidine rings is 1. The summed E-state index contributed by atoms with van der Waals surface area (Å²) >= 11 is 0. The SMILES string of the molecule is Cc1cccc(Nc2nccnc2C2CCN([C@H]3CCOC3)CC2)n1. The Balaban J connectivity index is 1.46. The molecule has 4 heterocycles. The molecular weight excluding hydrogens is 314 g/mol. The Morgan fingerprint density at radius 2 is 1.96 bits per heavy atom. The van der Waals surface area contributed by atoms with Gasteiger partial charge in [0, 0.05) is 36.7 Å². The average molecular weight is 339 g/mol. The zero-order valence-electron chi connectivity index (χ0n) is 14.7. The van der Waals surface area contributed by atoms with Crippen molar-refractivity contribution in [2.75, 3.05) is 31.6 Å². The highest BCUT2D eigenvalue weighted by Crippen LogP contribution is 2.32. The Morgan fingerprint density at radius 3 is 2.72 bits per heavy atom. The van der Waals surface area contributed by atoms with Crippen molar-refractivity contribution in [1.29, 1.82) is 0 Å². The van der Waals surface area contributed by atoms with Crippen molar-refractivity contribution in [2.45, 2.75) is 38.1 Å². The molecule has 0 bridgehead atoms. The average Bonchev–Trinajstić information content (AvgIpc) is 3.17. The molecule has 0 unspecified atom stereocenters. The molecule has 2 aliphatic heterocycles. The summed E-state index contributed by atoms with van der Waals surface area (Å²) in [7, 11) is 0. The van der Waals surface area contributed by atoms with Gasteiger partial charge >= 0.3 is 0 Å². The van der Waals surface area contributed by atoms with Gasteiger partial charge in [-0.25, -0.2) is 9.97 Å². The van der Waals surface area contributed by atoms with Gasteiger partial charge in [-0.15, -0.1) is 0 Å². The summed E-state index contributed by atoms with van der Waals surface area (Å²) in [4.78, 5) is 16.3. The second kappa shape index (κ2) is 7.45. The van der Waals surface area contributed by atoms with Crippen molar-refractivity contribution < 1.29 is 4.74 Å². The highest BCUT2D eigenvalue weighted by molar-refractivity contribution is 5.54. The first-order chi connectivity index (χ1) is 12.3. The summed E-state index contributed by atoms with van der Waals surface area (Å²) in [6, 6.07) is 6.57. The summed E-state index contributed by atoms with van der Waals surface area (Å²) in [6.45, 7) is 6.01. The topological polar surface area (TPSA) is 63.2 Å². The van der Waals surface area contributed by atoms with E-state index < -0.39 is 0 Å². The maximum atomic E-state index is 5.54. The molecule has 0 aromatic carbocycles.